The summed E-state index contributed by atoms with van der Waals surface area (Å²) in [6.45, 7) is 10.8. The van der Waals surface area contributed by atoms with Gasteiger partial charge in [0.15, 0.2) is 0 Å². The molecule has 10 heteroatoms. The van der Waals surface area contributed by atoms with Crippen molar-refractivity contribution in [1.82, 2.24) is 10.3 Å². The van der Waals surface area contributed by atoms with Crippen LogP contribution in [0, 0.1) is 20.8 Å². The molecule has 3 aromatic rings. The van der Waals surface area contributed by atoms with Gasteiger partial charge in [0.2, 0.25) is 0 Å². The van der Waals surface area contributed by atoms with Crippen LogP contribution in [0.1, 0.15) is 64.5 Å². The molecule has 1 aromatic heterocycles. The Balaban J connectivity index is 1.60. The molecule has 2 saturated heterocycles. The van der Waals surface area contributed by atoms with E-state index in [2.05, 4.69) is 39.6 Å². The molecule has 3 N–H and O–H groups in total. The Kier molecular flexibility index (Phi) is 10.8. The van der Waals surface area contributed by atoms with Gasteiger partial charge in [0, 0.05) is 75.3 Å². The number of hydrogen-bond acceptors (Lipinski definition) is 8. The molecule has 0 spiro atoms. The van der Waals surface area contributed by atoms with Crippen molar-refractivity contribution in [2.45, 2.75) is 71.1 Å². The molecular formula is C37H48N4O6. The summed E-state index contributed by atoms with van der Waals surface area (Å²) in [5.74, 6) is -0.260. The monoisotopic (exact) mass is 644 g/mol. The van der Waals surface area contributed by atoms with E-state index < -0.39 is 5.41 Å². The Hall–Kier alpha value is -3.99. The minimum absolute atomic E-state index is 0.0635. The van der Waals surface area contributed by atoms with E-state index in [0.29, 0.717) is 56.9 Å². The summed E-state index contributed by atoms with van der Waals surface area (Å²) in [4.78, 5) is 44.3. The summed E-state index contributed by atoms with van der Waals surface area (Å²) < 4.78 is 17.2. The van der Waals surface area contributed by atoms with Gasteiger partial charge in [-0.2, -0.15) is 0 Å². The maximum Gasteiger partial charge on any atom is 0.253 e. The van der Waals surface area contributed by atoms with E-state index in [1.165, 1.54) is 0 Å². The predicted molar refractivity (Wildman–Crippen MR) is 185 cm³/mol. The average Bonchev–Trinajstić information content (AvgIpc) is 3.08. The Labute approximate surface area is 277 Å². The first-order valence-electron chi connectivity index (χ1n) is 16.5. The number of nitrogens with zero attached hydrogens (tertiary/aromatic N) is 1. The van der Waals surface area contributed by atoms with Crippen molar-refractivity contribution in [3.05, 3.63) is 80.3 Å². The Morgan fingerprint density at radius 1 is 1.09 bits per heavy atom. The summed E-state index contributed by atoms with van der Waals surface area (Å²) in [7, 11) is 3.58. The van der Waals surface area contributed by atoms with Gasteiger partial charge in [-0.15, -0.1) is 0 Å². The maximum atomic E-state index is 14.0. The zero-order chi connectivity index (χ0) is 33.7. The highest BCUT2D eigenvalue weighted by molar-refractivity contribution is 5.99. The fourth-order valence-corrected chi connectivity index (χ4v) is 7.18. The molecule has 2 fully saturated rings. The molecule has 252 valence electrons. The van der Waals surface area contributed by atoms with E-state index in [0.717, 1.165) is 57.6 Å². The van der Waals surface area contributed by atoms with E-state index >= 15 is 0 Å². The SMILES string of the molecule is CCN(c1cc(-c2ccc(C3(C=O)CCOCC3)c(NC)c2)cc(C(=O)NCc2c(C)cc(C)[nH]c2=O)c1C)C1CCOCC1OC. The van der Waals surface area contributed by atoms with Gasteiger partial charge in [0.1, 0.15) is 12.4 Å². The topological polar surface area (TPSA) is 122 Å². The highest BCUT2D eigenvalue weighted by Gasteiger charge is 2.36. The molecule has 0 saturated carbocycles. The minimum atomic E-state index is -0.609. The molecule has 5 rings (SSSR count). The van der Waals surface area contributed by atoms with Crippen molar-refractivity contribution < 1.29 is 23.8 Å². The second-order valence-corrected chi connectivity index (χ2v) is 12.7. The van der Waals surface area contributed by atoms with Gasteiger partial charge < -0.3 is 39.5 Å². The predicted octanol–water partition coefficient (Wildman–Crippen LogP) is 4.82. The van der Waals surface area contributed by atoms with Gasteiger partial charge in [-0.25, -0.2) is 0 Å². The number of likely N-dealkylation sites (N-methyl/N-ethyl adjacent to an activating group) is 1. The van der Waals surface area contributed by atoms with E-state index in [-0.39, 0.29) is 30.2 Å². The Morgan fingerprint density at radius 2 is 1.85 bits per heavy atom. The largest absolute Gasteiger partial charge is 0.388 e. The summed E-state index contributed by atoms with van der Waals surface area (Å²) in [6, 6.07) is 12.2. The lowest BCUT2D eigenvalue weighted by Gasteiger charge is -2.41. The first-order valence-corrected chi connectivity index (χ1v) is 16.5. The zero-order valence-electron chi connectivity index (χ0n) is 28.5. The van der Waals surface area contributed by atoms with Crippen LogP contribution in [-0.2, 0) is 31.0 Å². The molecular weight excluding hydrogens is 596 g/mol. The lowest BCUT2D eigenvalue weighted by molar-refractivity contribution is -0.115. The number of rotatable bonds is 11. The molecule has 2 unspecified atom stereocenters. The summed E-state index contributed by atoms with van der Waals surface area (Å²) >= 11 is 0. The number of aromatic amines is 1. The van der Waals surface area contributed by atoms with Crippen molar-refractivity contribution in [1.29, 1.82) is 0 Å². The van der Waals surface area contributed by atoms with Crippen LogP contribution in [-0.4, -0.2) is 76.5 Å². The number of carbonyl (C=O) groups excluding carboxylic acids is 2. The molecule has 3 heterocycles. The average molecular weight is 645 g/mol. The quantitative estimate of drug-likeness (QED) is 0.254. The van der Waals surface area contributed by atoms with E-state index in [9.17, 15) is 14.4 Å². The van der Waals surface area contributed by atoms with Crippen molar-refractivity contribution >= 4 is 23.6 Å². The van der Waals surface area contributed by atoms with E-state index in [1.807, 2.05) is 52.1 Å². The fraction of sp³-hybridized carbons (Fsp3) is 0.486. The van der Waals surface area contributed by atoms with Crippen LogP contribution in [0.5, 0.6) is 0 Å². The molecule has 10 nitrogen and oxygen atoms in total. The summed E-state index contributed by atoms with van der Waals surface area (Å²) in [6.07, 6.45) is 3.00. The lowest BCUT2D eigenvalue weighted by Crippen LogP contribution is -2.50. The third-order valence-corrected chi connectivity index (χ3v) is 9.94. The van der Waals surface area contributed by atoms with Crippen LogP contribution in [0.2, 0.25) is 0 Å². The Morgan fingerprint density at radius 3 is 2.51 bits per heavy atom. The number of carbonyl (C=O) groups is 2. The van der Waals surface area contributed by atoms with Crippen molar-refractivity contribution in [2.24, 2.45) is 0 Å². The second kappa shape index (κ2) is 14.8. The molecule has 47 heavy (non-hydrogen) atoms. The number of hydrogen-bond donors (Lipinski definition) is 3. The third-order valence-electron chi connectivity index (χ3n) is 9.94. The minimum Gasteiger partial charge on any atom is -0.388 e. The number of amides is 1. The molecule has 0 aliphatic carbocycles. The van der Waals surface area contributed by atoms with Crippen LogP contribution < -0.4 is 21.1 Å². The fourth-order valence-electron chi connectivity index (χ4n) is 7.18. The second-order valence-electron chi connectivity index (χ2n) is 12.7. The number of aldehydes is 1. The van der Waals surface area contributed by atoms with Crippen LogP contribution >= 0.6 is 0 Å². The maximum absolute atomic E-state index is 14.0. The number of pyridine rings is 1. The molecule has 2 aliphatic heterocycles. The first-order chi connectivity index (χ1) is 22.7. The van der Waals surface area contributed by atoms with Gasteiger partial charge in [-0.3, -0.25) is 9.59 Å². The zero-order valence-corrected chi connectivity index (χ0v) is 28.5. The van der Waals surface area contributed by atoms with Crippen LogP contribution in [0.25, 0.3) is 11.1 Å². The summed E-state index contributed by atoms with van der Waals surface area (Å²) in [5.41, 5.74) is 7.25. The number of H-pyrrole nitrogens is 1. The molecule has 0 radical (unpaired) electrons. The van der Waals surface area contributed by atoms with Gasteiger partial charge >= 0.3 is 0 Å². The number of anilines is 2. The van der Waals surface area contributed by atoms with Crippen LogP contribution in [0.4, 0.5) is 11.4 Å². The Bertz CT molecular complexity index is 1660. The summed E-state index contributed by atoms with van der Waals surface area (Å²) in [5, 5.41) is 6.35. The van der Waals surface area contributed by atoms with Gasteiger partial charge in [-0.05, 0) is 99.0 Å². The highest BCUT2D eigenvalue weighted by atomic mass is 16.5. The van der Waals surface area contributed by atoms with Gasteiger partial charge in [-0.1, -0.05) is 12.1 Å². The molecule has 2 atom stereocenters. The van der Waals surface area contributed by atoms with Gasteiger partial charge in [0.05, 0.1) is 18.1 Å². The molecule has 0 bridgehead atoms. The number of benzene rings is 2. The van der Waals surface area contributed by atoms with Gasteiger partial charge in [0.25, 0.3) is 11.5 Å². The van der Waals surface area contributed by atoms with E-state index in [4.69, 9.17) is 14.2 Å². The molecule has 2 aromatic carbocycles. The van der Waals surface area contributed by atoms with Crippen LogP contribution in [0.15, 0.2) is 41.2 Å². The smallest absolute Gasteiger partial charge is 0.253 e. The van der Waals surface area contributed by atoms with Crippen LogP contribution in [0.3, 0.4) is 0 Å². The lowest BCUT2D eigenvalue weighted by atomic mass is 9.74. The number of nitrogens with one attached hydrogen (secondary N) is 3. The number of aromatic nitrogens is 1. The van der Waals surface area contributed by atoms with Crippen molar-refractivity contribution in [3.63, 3.8) is 0 Å². The standard InChI is InChI=1S/C37H48N4O6/c1-7-41(32-10-13-47-21-34(32)45-6)33-19-27(26-8-9-30(31(18-26)38-5)37(22-42)11-14-46-15-12-37)17-28(25(33)4)35(43)39-20-29-23(2)16-24(3)40-36(29)44/h8-9,16-19,22,32,34,38H,7,10-15,20-21H2,1-6H3,(H,39,43)(H,40,44). The van der Waals surface area contributed by atoms with Crippen molar-refractivity contribution in [3.8, 4) is 11.1 Å². The number of aryl methyl sites for hydroxylation is 2. The van der Waals surface area contributed by atoms with E-state index in [1.54, 1.807) is 7.11 Å². The number of ether oxygens (including phenoxy) is 3. The third kappa shape index (κ3) is 7.00. The number of methoxy groups -OCH3 is 1. The first kappa shape index (κ1) is 34.3. The molecule has 1 amide bonds. The normalized spacial score (nSPS) is 19.2. The molecule has 2 aliphatic rings. The van der Waals surface area contributed by atoms with Crippen molar-refractivity contribution in [2.75, 3.05) is 57.3 Å². The highest BCUT2D eigenvalue weighted by Crippen LogP contribution is 2.40.